The van der Waals surface area contributed by atoms with E-state index in [0.29, 0.717) is 10.9 Å². The summed E-state index contributed by atoms with van der Waals surface area (Å²) < 4.78 is 5.21. The predicted octanol–water partition coefficient (Wildman–Crippen LogP) is 5.43. The Balaban J connectivity index is 1.60. The van der Waals surface area contributed by atoms with Crippen LogP contribution in [0.1, 0.15) is 16.7 Å². The Morgan fingerprint density at radius 1 is 1.03 bits per heavy atom. The third kappa shape index (κ3) is 5.55. The van der Waals surface area contributed by atoms with Gasteiger partial charge in [0.05, 0.1) is 18.6 Å². The van der Waals surface area contributed by atoms with Gasteiger partial charge in [-0.25, -0.2) is 4.99 Å². The first-order chi connectivity index (χ1) is 16.4. The van der Waals surface area contributed by atoms with Gasteiger partial charge < -0.3 is 10.1 Å². The number of ether oxygens (including phenoxy) is 1. The highest BCUT2D eigenvalue weighted by Crippen LogP contribution is 2.31. The average Bonchev–Trinajstić information content (AvgIpc) is 3.13. The summed E-state index contributed by atoms with van der Waals surface area (Å²) in [4.78, 5) is 32.1. The number of nitrogens with zero attached hydrogens (tertiary/aromatic N) is 2. The molecule has 0 atom stereocenters. The van der Waals surface area contributed by atoms with Gasteiger partial charge in [-0.05, 0) is 73.0 Å². The van der Waals surface area contributed by atoms with E-state index in [4.69, 9.17) is 4.74 Å². The van der Waals surface area contributed by atoms with Crippen molar-refractivity contribution in [3.05, 3.63) is 95.2 Å². The molecule has 1 aliphatic heterocycles. The molecule has 0 unspecified atom stereocenters. The molecule has 0 aliphatic carbocycles. The topological polar surface area (TPSA) is 71.0 Å². The van der Waals surface area contributed by atoms with Crippen molar-refractivity contribution in [3.63, 3.8) is 0 Å². The number of methoxy groups -OCH3 is 1. The molecular formula is C27H25N3O3S. The Labute approximate surface area is 203 Å². The second kappa shape index (κ2) is 10.4. The number of carbonyl (C=O) groups is 2. The number of amidine groups is 1. The Morgan fingerprint density at radius 2 is 1.71 bits per heavy atom. The average molecular weight is 472 g/mol. The maximum atomic E-state index is 13.4. The number of thioether (sulfide) groups is 1. The minimum atomic E-state index is -0.230. The van der Waals surface area contributed by atoms with Crippen LogP contribution >= 0.6 is 11.8 Å². The van der Waals surface area contributed by atoms with Gasteiger partial charge in [0.2, 0.25) is 5.91 Å². The van der Waals surface area contributed by atoms with Crippen molar-refractivity contribution in [1.29, 1.82) is 0 Å². The molecule has 1 N–H and O–H groups in total. The van der Waals surface area contributed by atoms with E-state index in [1.165, 1.54) is 11.8 Å². The zero-order valence-electron chi connectivity index (χ0n) is 19.2. The number of rotatable bonds is 6. The number of para-hydroxylation sites is 1. The van der Waals surface area contributed by atoms with Crippen LogP contribution in [-0.2, 0) is 9.59 Å². The van der Waals surface area contributed by atoms with Crippen molar-refractivity contribution in [1.82, 2.24) is 0 Å². The number of benzene rings is 3. The third-order valence-corrected chi connectivity index (χ3v) is 6.04. The minimum absolute atomic E-state index is 0.123. The Bertz CT molecular complexity index is 1250. The zero-order valence-corrected chi connectivity index (χ0v) is 20.1. The molecule has 0 saturated heterocycles. The summed E-state index contributed by atoms with van der Waals surface area (Å²) in [5, 5.41) is 3.34. The number of aliphatic imine (C=N–C) groups is 1. The number of aryl methyl sites for hydroxylation is 2. The second-order valence-corrected chi connectivity index (χ2v) is 8.83. The van der Waals surface area contributed by atoms with Gasteiger partial charge in [-0.2, -0.15) is 0 Å². The first-order valence-corrected chi connectivity index (χ1v) is 11.8. The molecule has 0 bridgehead atoms. The van der Waals surface area contributed by atoms with Crippen molar-refractivity contribution in [3.8, 4) is 5.75 Å². The Hall–Kier alpha value is -3.84. The van der Waals surface area contributed by atoms with E-state index in [2.05, 4.69) is 16.4 Å². The van der Waals surface area contributed by atoms with E-state index >= 15 is 0 Å². The van der Waals surface area contributed by atoms with E-state index in [1.807, 2.05) is 80.6 Å². The number of nitrogens with one attached hydrogen (secondary N) is 1. The first-order valence-electron chi connectivity index (χ1n) is 10.8. The molecule has 3 aromatic rings. The smallest absolute Gasteiger partial charge is 0.283 e. The fraction of sp³-hybridized carbons (Fsp3) is 0.148. The minimum Gasteiger partial charge on any atom is -0.497 e. The van der Waals surface area contributed by atoms with Crippen LogP contribution in [0.25, 0.3) is 6.08 Å². The van der Waals surface area contributed by atoms with Crippen molar-refractivity contribution < 1.29 is 14.3 Å². The van der Waals surface area contributed by atoms with E-state index in [9.17, 15) is 9.59 Å². The van der Waals surface area contributed by atoms with Gasteiger partial charge >= 0.3 is 0 Å². The van der Waals surface area contributed by atoms with Crippen LogP contribution in [0.3, 0.4) is 0 Å². The molecule has 34 heavy (non-hydrogen) atoms. The molecule has 6 nitrogen and oxygen atoms in total. The molecule has 0 radical (unpaired) electrons. The van der Waals surface area contributed by atoms with Gasteiger partial charge in [0, 0.05) is 5.69 Å². The molecule has 2 amide bonds. The van der Waals surface area contributed by atoms with Crippen molar-refractivity contribution in [2.75, 3.05) is 23.1 Å². The summed E-state index contributed by atoms with van der Waals surface area (Å²) in [6.07, 6.45) is 1.75. The van der Waals surface area contributed by atoms with Crippen LogP contribution < -0.4 is 15.0 Å². The fourth-order valence-corrected chi connectivity index (χ4v) is 4.42. The number of anilines is 2. The van der Waals surface area contributed by atoms with Gasteiger partial charge in [0.15, 0.2) is 5.17 Å². The highest BCUT2D eigenvalue weighted by Gasteiger charge is 2.32. The standard InChI is InChI=1S/C27H25N3O3S/c1-18-13-19(2)15-22(14-18)30-26(32)24(16-20-9-11-23(33-3)12-10-20)29-27(30)34-17-25(31)28-21-7-5-4-6-8-21/h4-16H,17H2,1-3H3,(H,28,31)/b24-16+. The summed E-state index contributed by atoms with van der Waals surface area (Å²) in [7, 11) is 1.61. The molecule has 1 aliphatic rings. The summed E-state index contributed by atoms with van der Waals surface area (Å²) >= 11 is 1.23. The van der Waals surface area contributed by atoms with Gasteiger partial charge in [-0.15, -0.1) is 0 Å². The van der Waals surface area contributed by atoms with Crippen LogP contribution in [-0.4, -0.2) is 29.8 Å². The number of hydrogen-bond donors (Lipinski definition) is 1. The molecule has 4 rings (SSSR count). The highest BCUT2D eigenvalue weighted by molar-refractivity contribution is 8.14. The molecule has 0 saturated carbocycles. The first kappa shape index (κ1) is 23.3. The molecule has 3 aromatic carbocycles. The van der Waals surface area contributed by atoms with Gasteiger partial charge in [0.25, 0.3) is 5.91 Å². The summed E-state index contributed by atoms with van der Waals surface area (Å²) in [5.74, 6) is 0.463. The Morgan fingerprint density at radius 3 is 2.35 bits per heavy atom. The zero-order chi connectivity index (χ0) is 24.1. The quantitative estimate of drug-likeness (QED) is 0.487. The van der Waals surface area contributed by atoms with E-state index in [-0.39, 0.29) is 17.6 Å². The second-order valence-electron chi connectivity index (χ2n) is 7.89. The molecule has 172 valence electrons. The summed E-state index contributed by atoms with van der Waals surface area (Å²) in [5.41, 5.74) is 4.69. The molecule has 0 aromatic heterocycles. The third-order valence-electron chi connectivity index (χ3n) is 5.10. The van der Waals surface area contributed by atoms with Crippen molar-refractivity contribution in [2.24, 2.45) is 4.99 Å². The molecule has 0 fully saturated rings. The normalized spacial score (nSPS) is 14.3. The number of amides is 2. The molecular weight excluding hydrogens is 446 g/mol. The SMILES string of the molecule is COc1ccc(/C=C2/N=C(SCC(=O)Nc3ccccc3)N(c3cc(C)cc(C)c3)C2=O)cc1. The number of carbonyl (C=O) groups excluding carboxylic acids is 2. The number of hydrogen-bond acceptors (Lipinski definition) is 5. The lowest BCUT2D eigenvalue weighted by atomic mass is 10.1. The van der Waals surface area contributed by atoms with E-state index in [0.717, 1.165) is 33.8 Å². The van der Waals surface area contributed by atoms with Crippen LogP contribution in [0.2, 0.25) is 0 Å². The van der Waals surface area contributed by atoms with Gasteiger partial charge in [-0.1, -0.05) is 48.2 Å². The maximum absolute atomic E-state index is 13.4. The summed E-state index contributed by atoms with van der Waals surface area (Å²) in [6.45, 7) is 3.98. The maximum Gasteiger partial charge on any atom is 0.283 e. The van der Waals surface area contributed by atoms with Crippen LogP contribution in [0.15, 0.2) is 83.5 Å². The molecule has 0 spiro atoms. The fourth-order valence-electron chi connectivity index (χ4n) is 3.61. The Kier molecular flexibility index (Phi) is 7.13. The highest BCUT2D eigenvalue weighted by atomic mass is 32.2. The monoisotopic (exact) mass is 471 g/mol. The lowest BCUT2D eigenvalue weighted by Crippen LogP contribution is -2.31. The predicted molar refractivity (Wildman–Crippen MR) is 139 cm³/mol. The van der Waals surface area contributed by atoms with Crippen molar-refractivity contribution in [2.45, 2.75) is 13.8 Å². The largest absolute Gasteiger partial charge is 0.497 e. The van der Waals surface area contributed by atoms with Crippen LogP contribution in [0, 0.1) is 13.8 Å². The molecule has 7 heteroatoms. The van der Waals surface area contributed by atoms with Crippen molar-refractivity contribution >= 4 is 46.2 Å². The van der Waals surface area contributed by atoms with Gasteiger partial charge in [0.1, 0.15) is 11.4 Å². The van der Waals surface area contributed by atoms with Gasteiger partial charge in [-0.3, -0.25) is 14.5 Å². The summed E-state index contributed by atoms with van der Waals surface area (Å²) in [6, 6.07) is 22.6. The lowest BCUT2D eigenvalue weighted by Gasteiger charge is -2.19. The lowest BCUT2D eigenvalue weighted by molar-refractivity contribution is -0.114. The van der Waals surface area contributed by atoms with Crippen LogP contribution in [0.4, 0.5) is 11.4 Å². The van der Waals surface area contributed by atoms with E-state index in [1.54, 1.807) is 18.1 Å². The van der Waals surface area contributed by atoms with Crippen LogP contribution in [0.5, 0.6) is 5.75 Å². The molecule has 1 heterocycles. The van der Waals surface area contributed by atoms with E-state index < -0.39 is 0 Å².